The van der Waals surface area contributed by atoms with Crippen LogP contribution >= 0.6 is 11.8 Å². The summed E-state index contributed by atoms with van der Waals surface area (Å²) in [5.74, 6) is -3.13. The maximum Gasteiger partial charge on any atom is 0.322 e. The minimum absolute atomic E-state index is 0.712. The molecule has 0 unspecified atom stereocenters. The van der Waals surface area contributed by atoms with Crippen molar-refractivity contribution in [3.63, 3.8) is 0 Å². The largest absolute Gasteiger partial charge is 0.481 e. The fourth-order valence-corrected chi connectivity index (χ4v) is 2.87. The van der Waals surface area contributed by atoms with Crippen LogP contribution in [0.4, 0.5) is 0 Å². The van der Waals surface area contributed by atoms with Gasteiger partial charge in [-0.15, -0.1) is 11.8 Å². The summed E-state index contributed by atoms with van der Waals surface area (Å²) >= 11 is 1.30. The number of hydrogen-bond acceptors (Lipinski definition) is 4. The Labute approximate surface area is 141 Å². The number of thioether (sulfide) groups is 1. The summed E-state index contributed by atoms with van der Waals surface area (Å²) in [6.45, 7) is 8.63. The first-order chi connectivity index (χ1) is 10.5. The highest BCUT2D eigenvalue weighted by Gasteiger charge is 2.43. The lowest BCUT2D eigenvalue weighted by atomic mass is 9.94. The van der Waals surface area contributed by atoms with Gasteiger partial charge in [0.05, 0.1) is 0 Å². The number of carbonyl (C=O) groups excluding carboxylic acids is 1. The quantitative estimate of drug-likeness (QED) is 0.623. The van der Waals surface area contributed by atoms with Crippen molar-refractivity contribution in [3.05, 3.63) is 41.3 Å². The molecule has 0 saturated carbocycles. The normalized spacial score (nSPS) is 13.8. The zero-order valence-corrected chi connectivity index (χ0v) is 15.0. The molecule has 1 aromatic rings. The van der Waals surface area contributed by atoms with Gasteiger partial charge in [0.15, 0.2) is 5.92 Å². The standard InChI is InChI=1S/C18H24O4S/c1-17(2,3)22-16(21)14(15(19)20)18(4,5)23-12-11-13-9-7-6-8-10-13/h6-12,14H,1-5H3,(H,19,20)/t14-/m1/s1. The highest BCUT2D eigenvalue weighted by atomic mass is 32.2. The molecule has 0 aliphatic carbocycles. The summed E-state index contributed by atoms with van der Waals surface area (Å²) in [5.41, 5.74) is 0.297. The number of hydrogen-bond donors (Lipinski definition) is 1. The van der Waals surface area contributed by atoms with Gasteiger partial charge < -0.3 is 9.84 Å². The lowest BCUT2D eigenvalue weighted by Crippen LogP contribution is -2.43. The van der Waals surface area contributed by atoms with Crippen LogP contribution in [0.2, 0.25) is 0 Å². The van der Waals surface area contributed by atoms with Crippen LogP contribution in [0.15, 0.2) is 35.7 Å². The van der Waals surface area contributed by atoms with Crippen molar-refractivity contribution < 1.29 is 19.4 Å². The van der Waals surface area contributed by atoms with Gasteiger partial charge in [0.25, 0.3) is 0 Å². The Morgan fingerprint density at radius 3 is 2.17 bits per heavy atom. The lowest BCUT2D eigenvalue weighted by molar-refractivity contribution is -0.167. The molecule has 0 radical (unpaired) electrons. The van der Waals surface area contributed by atoms with E-state index in [0.717, 1.165) is 5.56 Å². The van der Waals surface area contributed by atoms with E-state index in [1.165, 1.54) is 11.8 Å². The molecule has 0 aliphatic rings. The first kappa shape index (κ1) is 19.3. The summed E-state index contributed by atoms with van der Waals surface area (Å²) in [6.07, 6.45) is 1.89. The Bertz CT molecular complexity index is 570. The second-order valence-electron chi connectivity index (χ2n) is 6.74. The van der Waals surface area contributed by atoms with Crippen LogP contribution in [0.25, 0.3) is 6.08 Å². The zero-order chi connectivity index (χ0) is 17.7. The zero-order valence-electron chi connectivity index (χ0n) is 14.2. The summed E-state index contributed by atoms with van der Waals surface area (Å²) in [4.78, 5) is 23.8. The van der Waals surface area contributed by atoms with E-state index in [2.05, 4.69) is 0 Å². The number of benzene rings is 1. The maximum atomic E-state index is 12.2. The van der Waals surface area contributed by atoms with E-state index in [1.807, 2.05) is 41.8 Å². The lowest BCUT2D eigenvalue weighted by Gasteiger charge is -2.30. The summed E-state index contributed by atoms with van der Waals surface area (Å²) in [7, 11) is 0. The Morgan fingerprint density at radius 2 is 1.70 bits per heavy atom. The van der Waals surface area contributed by atoms with Crippen LogP contribution in [0, 0.1) is 5.92 Å². The van der Waals surface area contributed by atoms with E-state index < -0.39 is 28.2 Å². The fourth-order valence-electron chi connectivity index (χ4n) is 1.96. The highest BCUT2D eigenvalue weighted by molar-refractivity contribution is 8.03. The SMILES string of the molecule is CC(C)(C)OC(=O)[C@@H](C(=O)O)C(C)(C)SC=Cc1ccccc1. The number of carboxylic acid groups (broad SMARTS) is 1. The van der Waals surface area contributed by atoms with Crippen LogP contribution in [0.5, 0.6) is 0 Å². The second-order valence-corrected chi connectivity index (χ2v) is 8.30. The topological polar surface area (TPSA) is 63.6 Å². The van der Waals surface area contributed by atoms with Gasteiger partial charge in [0.2, 0.25) is 0 Å². The first-order valence-corrected chi connectivity index (χ1v) is 8.26. The smallest absolute Gasteiger partial charge is 0.322 e. The Hall–Kier alpha value is -1.75. The van der Waals surface area contributed by atoms with Crippen LogP contribution < -0.4 is 0 Å². The molecule has 1 N–H and O–H groups in total. The molecule has 0 spiro atoms. The van der Waals surface area contributed by atoms with Crippen molar-refractivity contribution in [2.45, 2.75) is 45.0 Å². The number of esters is 1. The van der Waals surface area contributed by atoms with Gasteiger partial charge in [-0.05, 0) is 51.7 Å². The van der Waals surface area contributed by atoms with Crippen molar-refractivity contribution >= 4 is 29.8 Å². The van der Waals surface area contributed by atoms with Gasteiger partial charge in [-0.25, -0.2) is 0 Å². The van der Waals surface area contributed by atoms with Gasteiger partial charge >= 0.3 is 11.9 Å². The molecule has 0 aliphatic heterocycles. The number of carboxylic acids is 1. The van der Waals surface area contributed by atoms with Gasteiger partial charge in [-0.3, -0.25) is 9.59 Å². The maximum absolute atomic E-state index is 12.2. The molecule has 1 atom stereocenters. The highest BCUT2D eigenvalue weighted by Crippen LogP contribution is 2.35. The second kappa shape index (κ2) is 7.68. The number of carbonyl (C=O) groups is 2. The van der Waals surface area contributed by atoms with Gasteiger partial charge in [-0.2, -0.15) is 0 Å². The first-order valence-electron chi connectivity index (χ1n) is 7.38. The number of rotatable bonds is 6. The van der Waals surface area contributed by atoms with Crippen molar-refractivity contribution in [2.75, 3.05) is 0 Å². The van der Waals surface area contributed by atoms with Gasteiger partial charge in [0.1, 0.15) is 5.60 Å². The van der Waals surface area contributed by atoms with E-state index >= 15 is 0 Å². The fraction of sp³-hybridized carbons (Fsp3) is 0.444. The number of aliphatic carboxylic acids is 1. The molecule has 1 aromatic carbocycles. The Kier molecular flexibility index (Phi) is 6.45. The van der Waals surface area contributed by atoms with E-state index in [1.54, 1.807) is 34.6 Å². The molecule has 1 rings (SSSR count). The molecule has 4 nitrogen and oxygen atoms in total. The van der Waals surface area contributed by atoms with E-state index in [4.69, 9.17) is 4.74 Å². The average molecular weight is 336 g/mol. The molecular formula is C18H24O4S. The monoisotopic (exact) mass is 336 g/mol. The molecule has 23 heavy (non-hydrogen) atoms. The molecule has 5 heteroatoms. The third-order valence-corrected chi connectivity index (χ3v) is 4.13. The van der Waals surface area contributed by atoms with E-state index in [9.17, 15) is 14.7 Å². The Morgan fingerprint density at radius 1 is 1.13 bits per heavy atom. The van der Waals surface area contributed by atoms with Crippen molar-refractivity contribution in [2.24, 2.45) is 5.92 Å². The van der Waals surface area contributed by atoms with Gasteiger partial charge in [-0.1, -0.05) is 30.3 Å². The minimum atomic E-state index is -1.24. The summed E-state index contributed by atoms with van der Waals surface area (Å²) < 4.78 is 4.42. The van der Waals surface area contributed by atoms with Crippen LogP contribution in [-0.4, -0.2) is 27.4 Å². The third kappa shape index (κ3) is 6.48. The molecule has 0 bridgehead atoms. The average Bonchev–Trinajstić information content (AvgIpc) is 2.36. The van der Waals surface area contributed by atoms with Crippen LogP contribution in [-0.2, 0) is 14.3 Å². The number of ether oxygens (including phenoxy) is 1. The summed E-state index contributed by atoms with van der Waals surface area (Å²) in [5, 5.41) is 11.3. The molecule has 0 aromatic heterocycles. The molecule has 126 valence electrons. The van der Waals surface area contributed by atoms with Crippen molar-refractivity contribution in [1.82, 2.24) is 0 Å². The van der Waals surface area contributed by atoms with E-state index in [0.29, 0.717) is 0 Å². The molecular weight excluding hydrogens is 312 g/mol. The summed E-state index contributed by atoms with van der Waals surface area (Å²) in [6, 6.07) is 9.68. The Balaban J connectivity index is 2.86. The minimum Gasteiger partial charge on any atom is -0.481 e. The van der Waals surface area contributed by atoms with E-state index in [-0.39, 0.29) is 0 Å². The molecule has 0 saturated heterocycles. The van der Waals surface area contributed by atoms with Crippen molar-refractivity contribution in [1.29, 1.82) is 0 Å². The van der Waals surface area contributed by atoms with Crippen LogP contribution in [0.1, 0.15) is 40.2 Å². The van der Waals surface area contributed by atoms with Crippen molar-refractivity contribution in [3.8, 4) is 0 Å². The third-order valence-electron chi connectivity index (χ3n) is 3.02. The molecule has 0 amide bonds. The van der Waals surface area contributed by atoms with Gasteiger partial charge in [0, 0.05) is 4.75 Å². The predicted octanol–water partition coefficient (Wildman–Crippen LogP) is 4.21. The predicted molar refractivity (Wildman–Crippen MR) is 94.1 cm³/mol. The molecule has 0 heterocycles. The molecule has 0 fully saturated rings. The van der Waals surface area contributed by atoms with Crippen LogP contribution in [0.3, 0.4) is 0 Å².